The van der Waals surface area contributed by atoms with Gasteiger partial charge in [-0.3, -0.25) is 4.79 Å². The summed E-state index contributed by atoms with van der Waals surface area (Å²) in [6, 6.07) is 7.01. The first-order chi connectivity index (χ1) is 8.31. The highest BCUT2D eigenvalue weighted by atomic mass is 19.4. The van der Waals surface area contributed by atoms with Crippen LogP contribution in [0.25, 0.3) is 0 Å². The van der Waals surface area contributed by atoms with Crippen molar-refractivity contribution in [1.29, 1.82) is 5.26 Å². The van der Waals surface area contributed by atoms with Crippen LogP contribution in [-0.4, -0.2) is 12.1 Å². The minimum absolute atomic E-state index is 0.231. The second kappa shape index (κ2) is 5.54. The van der Waals surface area contributed by atoms with E-state index < -0.39 is 24.5 Å². The number of esters is 1. The highest BCUT2D eigenvalue weighted by Gasteiger charge is 2.32. The molecule has 0 N–H and O–H groups in total. The van der Waals surface area contributed by atoms with Crippen molar-refractivity contribution in [3.05, 3.63) is 29.8 Å². The zero-order valence-corrected chi connectivity index (χ0v) is 9.49. The molecular formula is C12H10F3NO2. The van der Waals surface area contributed by atoms with E-state index in [1.807, 2.05) is 0 Å². The first-order valence-electron chi connectivity index (χ1n) is 5.06. The number of carbonyl (C=O) groups excluding carboxylic acids is 1. The SMILES string of the molecule is CC(=O)Oc1ccc([C@@H](C#N)CC(F)(F)F)cc1. The number of hydrogen-bond donors (Lipinski definition) is 0. The fourth-order valence-electron chi connectivity index (χ4n) is 1.40. The lowest BCUT2D eigenvalue weighted by Crippen LogP contribution is -2.12. The van der Waals surface area contributed by atoms with Crippen molar-refractivity contribution in [2.75, 3.05) is 0 Å². The van der Waals surface area contributed by atoms with Gasteiger partial charge >= 0.3 is 12.1 Å². The number of nitriles is 1. The van der Waals surface area contributed by atoms with Gasteiger partial charge in [0.2, 0.25) is 0 Å². The Kier molecular flexibility index (Phi) is 4.32. The quantitative estimate of drug-likeness (QED) is 0.617. The Bertz CT molecular complexity index is 460. The number of rotatable bonds is 3. The molecule has 1 rings (SSSR count). The molecule has 0 aliphatic rings. The molecule has 1 aromatic carbocycles. The molecule has 0 saturated carbocycles. The van der Waals surface area contributed by atoms with Crippen molar-refractivity contribution in [2.24, 2.45) is 0 Å². The Labute approximate surface area is 102 Å². The van der Waals surface area contributed by atoms with Crippen LogP contribution in [0.2, 0.25) is 0 Å². The van der Waals surface area contributed by atoms with E-state index in [2.05, 4.69) is 0 Å². The first kappa shape index (κ1) is 14.0. The van der Waals surface area contributed by atoms with Crippen LogP contribution in [0.1, 0.15) is 24.8 Å². The van der Waals surface area contributed by atoms with Gasteiger partial charge in [-0.15, -0.1) is 0 Å². The van der Waals surface area contributed by atoms with Gasteiger partial charge in [-0.2, -0.15) is 18.4 Å². The third-order valence-electron chi connectivity index (χ3n) is 2.14. The van der Waals surface area contributed by atoms with Crippen molar-refractivity contribution >= 4 is 5.97 Å². The molecule has 0 fully saturated rings. The lowest BCUT2D eigenvalue weighted by Gasteiger charge is -2.12. The van der Waals surface area contributed by atoms with E-state index in [1.165, 1.54) is 31.2 Å². The van der Waals surface area contributed by atoms with Crippen LogP contribution in [0.3, 0.4) is 0 Å². The summed E-state index contributed by atoms with van der Waals surface area (Å²) in [5.74, 6) is -1.54. The topological polar surface area (TPSA) is 50.1 Å². The van der Waals surface area contributed by atoms with E-state index in [0.717, 1.165) is 0 Å². The zero-order chi connectivity index (χ0) is 13.8. The van der Waals surface area contributed by atoms with E-state index in [1.54, 1.807) is 6.07 Å². The Morgan fingerprint density at radius 1 is 1.39 bits per heavy atom. The fraction of sp³-hybridized carbons (Fsp3) is 0.333. The summed E-state index contributed by atoms with van der Waals surface area (Å²) in [5.41, 5.74) is 0.241. The number of carbonyl (C=O) groups is 1. The van der Waals surface area contributed by atoms with Crippen LogP contribution in [-0.2, 0) is 4.79 Å². The second-order valence-corrected chi connectivity index (χ2v) is 3.66. The largest absolute Gasteiger partial charge is 0.427 e. The van der Waals surface area contributed by atoms with E-state index in [4.69, 9.17) is 10.00 Å². The molecule has 0 spiro atoms. The van der Waals surface area contributed by atoms with Crippen LogP contribution in [0.15, 0.2) is 24.3 Å². The number of ether oxygens (including phenoxy) is 1. The summed E-state index contributed by atoms with van der Waals surface area (Å²) in [5, 5.41) is 8.72. The molecule has 96 valence electrons. The predicted octanol–water partition coefficient (Wildman–Crippen LogP) is 3.17. The van der Waals surface area contributed by atoms with E-state index in [-0.39, 0.29) is 11.3 Å². The van der Waals surface area contributed by atoms with Crippen molar-refractivity contribution in [2.45, 2.75) is 25.4 Å². The standard InChI is InChI=1S/C12H10F3NO2/c1-8(17)18-11-4-2-9(3-5-11)10(7-16)6-12(13,14)15/h2-5,10H,6H2,1H3/t10-/m1/s1. The molecule has 0 radical (unpaired) electrons. The van der Waals surface area contributed by atoms with Crippen LogP contribution in [0, 0.1) is 11.3 Å². The maximum atomic E-state index is 12.2. The maximum Gasteiger partial charge on any atom is 0.390 e. The zero-order valence-electron chi connectivity index (χ0n) is 9.49. The average Bonchev–Trinajstić information content (AvgIpc) is 2.25. The van der Waals surface area contributed by atoms with Crippen molar-refractivity contribution in [3.63, 3.8) is 0 Å². The van der Waals surface area contributed by atoms with Gasteiger partial charge in [0.25, 0.3) is 0 Å². The molecule has 0 heterocycles. The normalized spacial score (nSPS) is 12.6. The number of hydrogen-bond acceptors (Lipinski definition) is 3. The van der Waals surface area contributed by atoms with Crippen LogP contribution >= 0.6 is 0 Å². The third-order valence-corrected chi connectivity index (χ3v) is 2.14. The van der Waals surface area contributed by atoms with Crippen molar-refractivity contribution in [3.8, 4) is 11.8 Å². The fourth-order valence-corrected chi connectivity index (χ4v) is 1.40. The van der Waals surface area contributed by atoms with Crippen LogP contribution in [0.5, 0.6) is 5.75 Å². The Morgan fingerprint density at radius 2 is 1.94 bits per heavy atom. The smallest absolute Gasteiger partial charge is 0.390 e. The molecule has 0 bridgehead atoms. The average molecular weight is 257 g/mol. The minimum atomic E-state index is -4.39. The lowest BCUT2D eigenvalue weighted by molar-refractivity contribution is -0.136. The summed E-state index contributed by atoms with van der Waals surface area (Å²) in [7, 11) is 0. The number of halogens is 3. The minimum Gasteiger partial charge on any atom is -0.427 e. The lowest BCUT2D eigenvalue weighted by atomic mass is 9.97. The molecule has 6 heteroatoms. The first-order valence-corrected chi connectivity index (χ1v) is 5.06. The monoisotopic (exact) mass is 257 g/mol. The van der Waals surface area contributed by atoms with Gasteiger partial charge in [-0.05, 0) is 17.7 Å². The number of benzene rings is 1. The van der Waals surface area contributed by atoms with Crippen LogP contribution in [0.4, 0.5) is 13.2 Å². The molecule has 0 aromatic heterocycles. The third kappa shape index (κ3) is 4.45. The van der Waals surface area contributed by atoms with Crippen LogP contribution < -0.4 is 4.74 Å². The highest BCUT2D eigenvalue weighted by molar-refractivity contribution is 5.69. The summed E-state index contributed by atoms with van der Waals surface area (Å²) in [6.07, 6.45) is -5.59. The van der Waals surface area contributed by atoms with Crippen molar-refractivity contribution < 1.29 is 22.7 Å². The summed E-state index contributed by atoms with van der Waals surface area (Å²) >= 11 is 0. The highest BCUT2D eigenvalue weighted by Crippen LogP contribution is 2.31. The Balaban J connectivity index is 2.83. The molecule has 0 saturated heterocycles. The van der Waals surface area contributed by atoms with Gasteiger partial charge in [0.05, 0.1) is 18.4 Å². The molecule has 0 aliphatic heterocycles. The molecule has 1 atom stereocenters. The van der Waals surface area contributed by atoms with E-state index in [9.17, 15) is 18.0 Å². The second-order valence-electron chi connectivity index (χ2n) is 3.66. The molecule has 0 aliphatic carbocycles. The molecule has 18 heavy (non-hydrogen) atoms. The number of nitrogens with zero attached hydrogens (tertiary/aromatic N) is 1. The van der Waals surface area contributed by atoms with Gasteiger partial charge in [-0.1, -0.05) is 12.1 Å². The van der Waals surface area contributed by atoms with Gasteiger partial charge in [0.15, 0.2) is 0 Å². The van der Waals surface area contributed by atoms with E-state index >= 15 is 0 Å². The molecule has 0 amide bonds. The van der Waals surface area contributed by atoms with E-state index in [0.29, 0.717) is 0 Å². The van der Waals surface area contributed by atoms with Gasteiger partial charge in [0.1, 0.15) is 5.75 Å². The van der Waals surface area contributed by atoms with Gasteiger partial charge in [0, 0.05) is 6.92 Å². The summed E-state index contributed by atoms with van der Waals surface area (Å²) < 4.78 is 41.4. The Morgan fingerprint density at radius 3 is 2.33 bits per heavy atom. The maximum absolute atomic E-state index is 12.2. The molecular weight excluding hydrogens is 247 g/mol. The van der Waals surface area contributed by atoms with Crippen molar-refractivity contribution in [1.82, 2.24) is 0 Å². The molecule has 1 aromatic rings. The summed E-state index contributed by atoms with van der Waals surface area (Å²) in [4.78, 5) is 10.7. The number of alkyl halides is 3. The van der Waals surface area contributed by atoms with Gasteiger partial charge in [-0.25, -0.2) is 0 Å². The molecule has 0 unspecified atom stereocenters. The Hall–Kier alpha value is -2.03. The summed E-state index contributed by atoms with van der Waals surface area (Å²) in [6.45, 7) is 1.22. The van der Waals surface area contributed by atoms with Gasteiger partial charge < -0.3 is 4.74 Å². The molecule has 3 nitrogen and oxygen atoms in total. The predicted molar refractivity (Wildman–Crippen MR) is 56.8 cm³/mol.